The fourth-order valence-electron chi connectivity index (χ4n) is 3.68. The molecule has 0 aromatic heterocycles. The van der Waals surface area contributed by atoms with Gasteiger partial charge in [0.05, 0.1) is 11.8 Å². The maximum Gasteiger partial charge on any atom is 0.149 e. The van der Waals surface area contributed by atoms with E-state index in [2.05, 4.69) is 36.4 Å². The van der Waals surface area contributed by atoms with E-state index in [0.717, 1.165) is 0 Å². The second kappa shape index (κ2) is 2.73. The van der Waals surface area contributed by atoms with E-state index in [-0.39, 0.29) is 11.8 Å². The van der Waals surface area contributed by atoms with Crippen molar-refractivity contribution in [3.05, 3.63) is 59.7 Å². The van der Waals surface area contributed by atoms with Crippen LogP contribution >= 0.6 is 0 Å². The van der Waals surface area contributed by atoms with Crippen molar-refractivity contribution in [1.29, 1.82) is 0 Å². The van der Waals surface area contributed by atoms with Gasteiger partial charge in [-0.2, -0.15) is 0 Å². The first kappa shape index (κ1) is 8.51. The number of rotatable bonds is 0. The van der Waals surface area contributed by atoms with Crippen LogP contribution in [0.4, 0.5) is 0 Å². The molecule has 4 rings (SSSR count). The van der Waals surface area contributed by atoms with Gasteiger partial charge in [-0.1, -0.05) is 48.6 Å². The maximum atomic E-state index is 12.3. The lowest BCUT2D eigenvalue weighted by atomic mass is 9.74. The molecule has 3 aliphatic rings. The maximum absolute atomic E-state index is 12.3. The number of benzene rings is 1. The van der Waals surface area contributed by atoms with Gasteiger partial charge in [-0.3, -0.25) is 4.79 Å². The topological polar surface area (TPSA) is 17.1 Å². The van der Waals surface area contributed by atoms with Crippen LogP contribution in [0.5, 0.6) is 0 Å². The van der Waals surface area contributed by atoms with Crippen LogP contribution in [-0.2, 0) is 4.79 Å². The zero-order valence-corrected chi connectivity index (χ0v) is 8.84. The van der Waals surface area contributed by atoms with E-state index in [1.807, 2.05) is 12.1 Å². The van der Waals surface area contributed by atoms with Crippen molar-refractivity contribution >= 4 is 5.78 Å². The van der Waals surface area contributed by atoms with Crippen LogP contribution in [0, 0.1) is 11.8 Å². The second-order valence-electron chi connectivity index (χ2n) is 4.91. The molecule has 0 N–H and O–H groups in total. The van der Waals surface area contributed by atoms with Gasteiger partial charge in [0.2, 0.25) is 0 Å². The summed E-state index contributed by atoms with van der Waals surface area (Å²) in [5.74, 6) is 1.53. The van der Waals surface area contributed by atoms with Crippen LogP contribution < -0.4 is 0 Å². The summed E-state index contributed by atoms with van der Waals surface area (Å²) in [4.78, 5) is 12.3. The minimum atomic E-state index is 0.132. The van der Waals surface area contributed by atoms with Gasteiger partial charge >= 0.3 is 0 Å². The highest BCUT2D eigenvalue weighted by molar-refractivity contribution is 6.00. The van der Waals surface area contributed by atoms with Crippen molar-refractivity contribution in [3.8, 4) is 0 Å². The highest BCUT2D eigenvalue weighted by Crippen LogP contribution is 2.58. The third-order valence-corrected chi connectivity index (χ3v) is 4.27. The summed E-state index contributed by atoms with van der Waals surface area (Å²) in [6.07, 6.45) is 8.59. The summed E-state index contributed by atoms with van der Waals surface area (Å²) in [6, 6.07) is 8.34. The molecule has 16 heavy (non-hydrogen) atoms. The quantitative estimate of drug-likeness (QED) is 0.640. The van der Waals surface area contributed by atoms with Crippen LogP contribution in [0.3, 0.4) is 0 Å². The van der Waals surface area contributed by atoms with E-state index >= 15 is 0 Å². The molecule has 0 spiro atoms. The van der Waals surface area contributed by atoms with E-state index in [9.17, 15) is 4.79 Å². The number of allylic oxidation sites excluding steroid dienone is 4. The Labute approximate surface area is 94.5 Å². The number of Topliss-reactive ketones (excluding diaryl/α,β-unsaturated/α-hetero) is 1. The summed E-state index contributed by atoms with van der Waals surface area (Å²) in [6.45, 7) is 0. The first-order chi connectivity index (χ1) is 7.88. The van der Waals surface area contributed by atoms with Gasteiger partial charge in [0, 0.05) is 0 Å². The minimum Gasteiger partial charge on any atom is -0.298 e. The highest BCUT2D eigenvalue weighted by Gasteiger charge is 2.55. The molecule has 1 aromatic rings. The zero-order valence-electron chi connectivity index (χ0n) is 8.84. The van der Waals surface area contributed by atoms with Crippen molar-refractivity contribution in [2.45, 2.75) is 11.8 Å². The molecule has 1 saturated carbocycles. The molecule has 1 aromatic carbocycles. The molecule has 0 radical (unpaired) electrons. The lowest BCUT2D eigenvalue weighted by molar-refractivity contribution is -0.119. The number of carbonyl (C=O) groups is 1. The Morgan fingerprint density at radius 1 is 0.812 bits per heavy atom. The van der Waals surface area contributed by atoms with E-state index in [1.54, 1.807) is 0 Å². The summed E-state index contributed by atoms with van der Waals surface area (Å²) in [5, 5.41) is 0. The Balaban J connectivity index is 1.97. The molecule has 0 amide bonds. The standard InChI is InChI=1S/C15H12O/c16-15-13-9-5-1-2-6-10(9)14(15)12-8-4-3-7-11(12)13/h1-10,13-14H/t9?,10?,13-,14+. The molecule has 2 unspecified atom stereocenters. The molecule has 78 valence electrons. The van der Waals surface area contributed by atoms with Crippen LogP contribution in [-0.4, -0.2) is 5.78 Å². The van der Waals surface area contributed by atoms with Gasteiger partial charge in [0.25, 0.3) is 0 Å². The van der Waals surface area contributed by atoms with Crippen LogP contribution in [0.25, 0.3) is 0 Å². The SMILES string of the molecule is O=C1[C@@H]2c3ccccc3[C@H]1C1C=CC=CC12. The Bertz CT molecular complexity index is 491. The van der Waals surface area contributed by atoms with Crippen molar-refractivity contribution < 1.29 is 4.79 Å². The molecule has 0 saturated heterocycles. The Morgan fingerprint density at radius 3 is 1.81 bits per heavy atom. The summed E-state index contributed by atoms with van der Waals surface area (Å²) in [5.41, 5.74) is 2.55. The van der Waals surface area contributed by atoms with Gasteiger partial charge in [-0.05, 0) is 23.0 Å². The number of fused-ring (bicyclic) bond motifs is 8. The van der Waals surface area contributed by atoms with Crippen molar-refractivity contribution in [1.82, 2.24) is 0 Å². The monoisotopic (exact) mass is 208 g/mol. The van der Waals surface area contributed by atoms with Gasteiger partial charge in [-0.25, -0.2) is 0 Å². The van der Waals surface area contributed by atoms with Crippen molar-refractivity contribution in [3.63, 3.8) is 0 Å². The summed E-state index contributed by atoms with van der Waals surface area (Å²) < 4.78 is 0. The summed E-state index contributed by atoms with van der Waals surface area (Å²) in [7, 11) is 0. The van der Waals surface area contributed by atoms with Crippen LogP contribution in [0.2, 0.25) is 0 Å². The van der Waals surface area contributed by atoms with Gasteiger partial charge in [0.1, 0.15) is 5.78 Å². The molecule has 0 heterocycles. The molecule has 4 atom stereocenters. The lowest BCUT2D eigenvalue weighted by Gasteiger charge is -2.28. The lowest BCUT2D eigenvalue weighted by Crippen LogP contribution is -2.19. The van der Waals surface area contributed by atoms with E-state index < -0.39 is 0 Å². The van der Waals surface area contributed by atoms with E-state index in [4.69, 9.17) is 0 Å². The number of ketones is 1. The molecular formula is C15H12O. The first-order valence-corrected chi connectivity index (χ1v) is 5.85. The molecule has 1 nitrogen and oxygen atoms in total. The smallest absolute Gasteiger partial charge is 0.149 e. The first-order valence-electron chi connectivity index (χ1n) is 5.85. The Hall–Kier alpha value is -1.63. The Kier molecular flexibility index (Phi) is 1.45. The van der Waals surface area contributed by atoms with Crippen molar-refractivity contribution in [2.24, 2.45) is 11.8 Å². The third-order valence-electron chi connectivity index (χ3n) is 4.27. The molecule has 3 aliphatic carbocycles. The largest absolute Gasteiger partial charge is 0.298 e. The fourth-order valence-corrected chi connectivity index (χ4v) is 3.68. The fraction of sp³-hybridized carbons (Fsp3) is 0.267. The van der Waals surface area contributed by atoms with E-state index in [0.29, 0.717) is 17.6 Å². The Morgan fingerprint density at radius 2 is 1.31 bits per heavy atom. The predicted octanol–water partition coefficient (Wildman–Crippen LogP) is 2.81. The number of hydrogen-bond acceptors (Lipinski definition) is 1. The second-order valence-corrected chi connectivity index (χ2v) is 4.91. The van der Waals surface area contributed by atoms with E-state index in [1.165, 1.54) is 11.1 Å². The number of hydrogen-bond donors (Lipinski definition) is 0. The average molecular weight is 208 g/mol. The van der Waals surface area contributed by atoms with Gasteiger partial charge in [-0.15, -0.1) is 0 Å². The van der Waals surface area contributed by atoms with Crippen LogP contribution in [0.1, 0.15) is 23.0 Å². The average Bonchev–Trinajstić information content (AvgIpc) is 2.78. The molecule has 1 fully saturated rings. The van der Waals surface area contributed by atoms with Crippen LogP contribution in [0.15, 0.2) is 48.6 Å². The minimum absolute atomic E-state index is 0.132. The predicted molar refractivity (Wildman–Crippen MR) is 62.2 cm³/mol. The molecular weight excluding hydrogens is 196 g/mol. The highest BCUT2D eigenvalue weighted by atomic mass is 16.1. The normalized spacial score (nSPS) is 37.6. The van der Waals surface area contributed by atoms with Crippen molar-refractivity contribution in [2.75, 3.05) is 0 Å². The molecule has 1 heteroatoms. The summed E-state index contributed by atoms with van der Waals surface area (Å²) >= 11 is 0. The third kappa shape index (κ3) is 0.812. The molecule has 0 aliphatic heterocycles. The zero-order chi connectivity index (χ0) is 10.7. The van der Waals surface area contributed by atoms with Gasteiger partial charge in [0.15, 0.2) is 0 Å². The number of carbonyl (C=O) groups excluding carboxylic acids is 1. The molecule has 2 bridgehead atoms. The van der Waals surface area contributed by atoms with Gasteiger partial charge < -0.3 is 0 Å².